The second kappa shape index (κ2) is 17.9. The molecule has 10 atom stereocenters. The number of aliphatic hydroxyl groups is 1. The Hall–Kier alpha value is -3.26. The second-order valence-corrected chi connectivity index (χ2v) is 14.1. The van der Waals surface area contributed by atoms with E-state index in [0.717, 1.165) is 16.7 Å². The molecule has 12 nitrogen and oxygen atoms in total. The first-order valence-corrected chi connectivity index (χ1v) is 18.4. The molecule has 3 aromatic carbocycles. The Morgan fingerprint density at radius 1 is 0.755 bits per heavy atom. The zero-order valence-corrected chi connectivity index (χ0v) is 29.3. The number of hydrogen-bond donors (Lipinski definition) is 1. The summed E-state index contributed by atoms with van der Waals surface area (Å²) < 4.78 is 118. The SMILES string of the molecule is C=CCO[C@H]1[C@@H](OCc2ccccc2)[C@@H](COCc2ccccc2)O[C@@H](O[C@H]2[C@H](O)[C@H](OS(=O)(=O)C(F)(F)F)[C@@H]3OC[C@H]2O3)[C@@H]1OCc1ccccc1. The fourth-order valence-electron chi connectivity index (χ4n) is 6.25. The van der Waals surface area contributed by atoms with Gasteiger partial charge in [-0.05, 0) is 16.7 Å². The zero-order chi connectivity index (χ0) is 37.4. The van der Waals surface area contributed by atoms with Crippen molar-refractivity contribution in [3.8, 4) is 0 Å². The lowest BCUT2D eigenvalue weighted by Gasteiger charge is -2.47. The van der Waals surface area contributed by atoms with Crippen LogP contribution in [0.2, 0.25) is 0 Å². The monoisotopic (exact) mass is 766 g/mol. The second-order valence-electron chi connectivity index (χ2n) is 12.6. The lowest BCUT2D eigenvalue weighted by molar-refractivity contribution is -0.352. The predicted octanol–water partition coefficient (Wildman–Crippen LogP) is 4.41. The van der Waals surface area contributed by atoms with Gasteiger partial charge in [0.1, 0.15) is 42.7 Å². The molecule has 0 aliphatic carbocycles. The lowest BCUT2D eigenvalue weighted by Crippen LogP contribution is -2.64. The van der Waals surface area contributed by atoms with E-state index in [0.29, 0.717) is 0 Å². The number of fused-ring (bicyclic) bond motifs is 2. The van der Waals surface area contributed by atoms with Crippen LogP contribution in [0.4, 0.5) is 13.2 Å². The van der Waals surface area contributed by atoms with Crippen LogP contribution in [-0.4, -0.2) is 100 Å². The number of ether oxygens (including phenoxy) is 8. The van der Waals surface area contributed by atoms with E-state index in [1.54, 1.807) is 6.08 Å². The molecule has 1 N–H and O–H groups in total. The minimum absolute atomic E-state index is 0.0263. The molecule has 16 heteroatoms. The molecule has 0 amide bonds. The van der Waals surface area contributed by atoms with Crippen molar-refractivity contribution in [3.63, 3.8) is 0 Å². The van der Waals surface area contributed by atoms with Crippen molar-refractivity contribution in [2.45, 2.75) is 86.7 Å². The van der Waals surface area contributed by atoms with Gasteiger partial charge in [0.25, 0.3) is 0 Å². The number of alkyl halides is 3. The van der Waals surface area contributed by atoms with Crippen LogP contribution in [0.1, 0.15) is 16.7 Å². The summed E-state index contributed by atoms with van der Waals surface area (Å²) in [4.78, 5) is 0. The summed E-state index contributed by atoms with van der Waals surface area (Å²) in [6.45, 7) is 4.02. The molecule has 6 rings (SSSR count). The molecule has 0 aromatic heterocycles. The highest BCUT2D eigenvalue weighted by molar-refractivity contribution is 7.87. The molecule has 3 aromatic rings. The first-order valence-electron chi connectivity index (χ1n) is 16.9. The Morgan fingerprint density at radius 2 is 1.32 bits per heavy atom. The standard InChI is InChI=1S/C37H41F3O12S/c1-2-18-45-33-31(46-20-25-14-8-4-9-15-25)27(22-44-19-24-12-6-3-7-13-24)50-36(34(33)47-21-26-16-10-5-11-17-26)51-30-28-23-48-35(49-28)32(29(30)41)52-53(42,43)37(38,39)40/h2-17,27-36,41H,1,18-23H2/t27-,28-,29+,30-,31+,32+,33+,34-,35-,36+/m1/s1. The number of halogens is 3. The largest absolute Gasteiger partial charge is 0.523 e. The number of aliphatic hydroxyl groups excluding tert-OH is 1. The van der Waals surface area contributed by atoms with Crippen LogP contribution >= 0.6 is 0 Å². The van der Waals surface area contributed by atoms with Crippen molar-refractivity contribution in [2.75, 3.05) is 19.8 Å². The van der Waals surface area contributed by atoms with Crippen LogP contribution in [0.15, 0.2) is 104 Å². The maximum Gasteiger partial charge on any atom is 0.523 e. The van der Waals surface area contributed by atoms with E-state index in [1.807, 2.05) is 91.0 Å². The molecule has 0 saturated carbocycles. The third-order valence-corrected chi connectivity index (χ3v) is 9.86. The Bertz CT molecular complexity index is 1690. The summed E-state index contributed by atoms with van der Waals surface area (Å²) in [5.74, 6) is 0. The molecule has 288 valence electrons. The zero-order valence-electron chi connectivity index (χ0n) is 28.4. The Kier molecular flexibility index (Phi) is 13.3. The minimum atomic E-state index is -6.15. The summed E-state index contributed by atoms with van der Waals surface area (Å²) in [5.41, 5.74) is -3.20. The molecule has 53 heavy (non-hydrogen) atoms. The molecular weight excluding hydrogens is 725 g/mol. The van der Waals surface area contributed by atoms with E-state index < -0.39 is 77.0 Å². The number of benzene rings is 3. The summed E-state index contributed by atoms with van der Waals surface area (Å²) >= 11 is 0. The van der Waals surface area contributed by atoms with Crippen LogP contribution < -0.4 is 0 Å². The third kappa shape index (κ3) is 9.89. The topological polar surface area (TPSA) is 137 Å². The van der Waals surface area contributed by atoms with E-state index >= 15 is 0 Å². The van der Waals surface area contributed by atoms with E-state index in [4.69, 9.17) is 37.9 Å². The highest BCUT2D eigenvalue weighted by Crippen LogP contribution is 2.38. The summed E-state index contributed by atoms with van der Waals surface area (Å²) in [6.07, 6.45) is -11.8. The molecule has 3 fully saturated rings. The molecular formula is C37H41F3O12S. The Labute approximate surface area is 305 Å². The van der Waals surface area contributed by atoms with Crippen LogP contribution in [0.25, 0.3) is 0 Å². The van der Waals surface area contributed by atoms with Gasteiger partial charge in [0, 0.05) is 0 Å². The van der Waals surface area contributed by atoms with E-state index in [1.165, 1.54) is 0 Å². The number of hydrogen-bond acceptors (Lipinski definition) is 12. The average molecular weight is 767 g/mol. The van der Waals surface area contributed by atoms with Gasteiger partial charge in [-0.3, -0.25) is 4.18 Å². The van der Waals surface area contributed by atoms with Crippen molar-refractivity contribution in [2.24, 2.45) is 0 Å². The fourth-order valence-corrected chi connectivity index (χ4v) is 6.85. The van der Waals surface area contributed by atoms with Crippen molar-refractivity contribution in [3.05, 3.63) is 120 Å². The van der Waals surface area contributed by atoms with Crippen molar-refractivity contribution >= 4 is 10.1 Å². The maximum absolute atomic E-state index is 13.3. The van der Waals surface area contributed by atoms with Gasteiger partial charge >= 0.3 is 15.6 Å². The third-order valence-electron chi connectivity index (χ3n) is 8.82. The van der Waals surface area contributed by atoms with Gasteiger partial charge in [-0.15, -0.1) is 6.58 Å². The first-order chi connectivity index (χ1) is 25.5. The first kappa shape index (κ1) is 39.4. The number of rotatable bonds is 17. The van der Waals surface area contributed by atoms with E-state index in [-0.39, 0.29) is 39.6 Å². The molecule has 3 aliphatic rings. The van der Waals surface area contributed by atoms with Gasteiger partial charge in [0.15, 0.2) is 18.7 Å². The predicted molar refractivity (Wildman–Crippen MR) is 180 cm³/mol. The molecule has 3 saturated heterocycles. The van der Waals surface area contributed by atoms with E-state index in [9.17, 15) is 26.7 Å². The molecule has 3 heterocycles. The van der Waals surface area contributed by atoms with Crippen molar-refractivity contribution in [1.29, 1.82) is 0 Å². The molecule has 3 aliphatic heterocycles. The summed E-state index contributed by atoms with van der Waals surface area (Å²) in [6, 6.07) is 28.1. The molecule has 0 radical (unpaired) electrons. The van der Waals surface area contributed by atoms with Gasteiger partial charge in [-0.1, -0.05) is 97.1 Å². The lowest BCUT2D eigenvalue weighted by atomic mass is 9.96. The van der Waals surface area contributed by atoms with Crippen molar-refractivity contribution < 1.29 is 68.8 Å². The minimum Gasteiger partial charge on any atom is -0.387 e. The van der Waals surface area contributed by atoms with Crippen LogP contribution in [-0.2, 0) is 72.0 Å². The molecule has 0 unspecified atom stereocenters. The van der Waals surface area contributed by atoms with Crippen LogP contribution in [0, 0.1) is 0 Å². The Morgan fingerprint density at radius 3 is 1.89 bits per heavy atom. The fraction of sp³-hybridized carbons (Fsp3) is 0.459. The normalized spacial score (nSPS) is 30.3. The van der Waals surface area contributed by atoms with E-state index in [2.05, 4.69) is 10.8 Å². The molecule has 0 spiro atoms. The molecule has 2 bridgehead atoms. The summed E-state index contributed by atoms with van der Waals surface area (Å²) in [5, 5.41) is 11.3. The van der Waals surface area contributed by atoms with Gasteiger partial charge in [0.2, 0.25) is 0 Å². The highest BCUT2D eigenvalue weighted by Gasteiger charge is 2.59. The van der Waals surface area contributed by atoms with Gasteiger partial charge < -0.3 is 43.0 Å². The van der Waals surface area contributed by atoms with Crippen LogP contribution in [0.3, 0.4) is 0 Å². The smallest absolute Gasteiger partial charge is 0.387 e. The van der Waals surface area contributed by atoms with Gasteiger partial charge in [0.05, 0.1) is 39.6 Å². The quantitative estimate of drug-likeness (QED) is 0.118. The van der Waals surface area contributed by atoms with Gasteiger partial charge in [-0.25, -0.2) is 0 Å². The van der Waals surface area contributed by atoms with Crippen molar-refractivity contribution in [1.82, 2.24) is 0 Å². The Balaban J connectivity index is 1.31. The maximum atomic E-state index is 13.3. The average Bonchev–Trinajstić information content (AvgIpc) is 3.60. The van der Waals surface area contributed by atoms with Gasteiger partial charge in [-0.2, -0.15) is 21.6 Å². The van der Waals surface area contributed by atoms with Crippen LogP contribution in [0.5, 0.6) is 0 Å². The summed E-state index contributed by atoms with van der Waals surface area (Å²) in [7, 11) is -6.15. The highest BCUT2D eigenvalue weighted by atomic mass is 32.2.